The predicted octanol–water partition coefficient (Wildman–Crippen LogP) is 3.34. The first-order valence-corrected chi connectivity index (χ1v) is 6.38. The first kappa shape index (κ1) is 13.7. The van der Waals surface area contributed by atoms with Gasteiger partial charge in [0.1, 0.15) is 0 Å². The molecule has 0 aliphatic heterocycles. The second-order valence-corrected chi connectivity index (χ2v) is 4.67. The average Bonchev–Trinajstić information content (AvgIpc) is 2.43. The van der Waals surface area contributed by atoms with E-state index in [9.17, 15) is 5.11 Å². The van der Waals surface area contributed by atoms with Gasteiger partial charge >= 0.3 is 0 Å². The summed E-state index contributed by atoms with van der Waals surface area (Å²) >= 11 is 5.83. The second kappa shape index (κ2) is 6.45. The van der Waals surface area contributed by atoms with Gasteiger partial charge in [-0.05, 0) is 35.4 Å². The normalized spacial score (nSPS) is 10.4. The Labute approximate surface area is 117 Å². The molecule has 0 atom stereocenters. The van der Waals surface area contributed by atoms with E-state index in [2.05, 4.69) is 5.32 Å². The molecule has 0 aliphatic carbocycles. The van der Waals surface area contributed by atoms with Gasteiger partial charge in [-0.1, -0.05) is 29.8 Å². The molecule has 19 heavy (non-hydrogen) atoms. The van der Waals surface area contributed by atoms with Gasteiger partial charge in [-0.3, -0.25) is 0 Å². The van der Waals surface area contributed by atoms with Crippen LogP contribution in [0.1, 0.15) is 11.1 Å². The quantitative estimate of drug-likeness (QED) is 0.881. The Balaban J connectivity index is 1.90. The zero-order valence-electron chi connectivity index (χ0n) is 10.7. The van der Waals surface area contributed by atoms with E-state index in [1.165, 1.54) is 5.56 Å². The Morgan fingerprint density at radius 3 is 2.37 bits per heavy atom. The minimum absolute atomic E-state index is 0.156. The summed E-state index contributed by atoms with van der Waals surface area (Å²) in [6.07, 6.45) is 0. The summed E-state index contributed by atoms with van der Waals surface area (Å²) in [6, 6.07) is 13.1. The highest BCUT2D eigenvalue weighted by Crippen LogP contribution is 2.26. The van der Waals surface area contributed by atoms with E-state index in [1.807, 2.05) is 36.4 Å². The largest absolute Gasteiger partial charge is 0.504 e. The van der Waals surface area contributed by atoms with Crippen LogP contribution in [0, 0.1) is 0 Å². The van der Waals surface area contributed by atoms with E-state index in [0.29, 0.717) is 12.3 Å². The number of benzene rings is 2. The van der Waals surface area contributed by atoms with Crippen molar-refractivity contribution in [3.8, 4) is 11.5 Å². The van der Waals surface area contributed by atoms with E-state index < -0.39 is 0 Å². The fourth-order valence-electron chi connectivity index (χ4n) is 1.79. The number of methoxy groups -OCH3 is 1. The predicted molar refractivity (Wildman–Crippen MR) is 76.7 cm³/mol. The molecule has 0 heterocycles. The number of halogens is 1. The van der Waals surface area contributed by atoms with Crippen LogP contribution in [0.15, 0.2) is 42.5 Å². The van der Waals surface area contributed by atoms with Gasteiger partial charge in [0.15, 0.2) is 11.5 Å². The maximum atomic E-state index is 9.51. The third kappa shape index (κ3) is 3.88. The van der Waals surface area contributed by atoms with Gasteiger partial charge < -0.3 is 15.2 Å². The highest BCUT2D eigenvalue weighted by Gasteiger charge is 2.02. The Morgan fingerprint density at radius 1 is 1.05 bits per heavy atom. The lowest BCUT2D eigenvalue weighted by atomic mass is 10.2. The number of ether oxygens (including phenoxy) is 1. The molecule has 2 aromatic rings. The maximum Gasteiger partial charge on any atom is 0.160 e. The Hall–Kier alpha value is -1.71. The molecule has 0 amide bonds. The zero-order valence-corrected chi connectivity index (χ0v) is 11.4. The third-order valence-electron chi connectivity index (χ3n) is 2.82. The molecule has 0 aromatic heterocycles. The Kier molecular flexibility index (Phi) is 4.66. The molecule has 2 aromatic carbocycles. The van der Waals surface area contributed by atoms with Crippen LogP contribution >= 0.6 is 11.6 Å². The number of hydrogen-bond acceptors (Lipinski definition) is 3. The van der Waals surface area contributed by atoms with Crippen molar-refractivity contribution < 1.29 is 9.84 Å². The van der Waals surface area contributed by atoms with Gasteiger partial charge in [-0.2, -0.15) is 0 Å². The average molecular weight is 278 g/mol. The zero-order chi connectivity index (χ0) is 13.7. The summed E-state index contributed by atoms with van der Waals surface area (Å²) < 4.78 is 5.07. The van der Waals surface area contributed by atoms with Crippen LogP contribution in [0.3, 0.4) is 0 Å². The third-order valence-corrected chi connectivity index (χ3v) is 3.07. The first-order valence-electron chi connectivity index (χ1n) is 6.00. The summed E-state index contributed by atoms with van der Waals surface area (Å²) in [5.41, 5.74) is 2.23. The van der Waals surface area contributed by atoms with Crippen molar-refractivity contribution in [1.29, 1.82) is 0 Å². The van der Waals surface area contributed by atoms with Crippen LogP contribution in [-0.2, 0) is 13.1 Å². The van der Waals surface area contributed by atoms with Crippen LogP contribution in [0.4, 0.5) is 0 Å². The van der Waals surface area contributed by atoms with E-state index in [0.717, 1.165) is 17.1 Å². The summed E-state index contributed by atoms with van der Waals surface area (Å²) in [5.74, 6) is 0.648. The maximum absolute atomic E-state index is 9.51. The molecule has 2 rings (SSSR count). The van der Waals surface area contributed by atoms with Gasteiger partial charge in [0, 0.05) is 18.1 Å². The molecule has 0 radical (unpaired) electrons. The fraction of sp³-hybridized carbons (Fsp3) is 0.200. The molecular weight excluding hydrogens is 262 g/mol. The molecule has 4 heteroatoms. The van der Waals surface area contributed by atoms with Crippen LogP contribution in [0.5, 0.6) is 11.5 Å². The fourth-order valence-corrected chi connectivity index (χ4v) is 1.91. The second-order valence-electron chi connectivity index (χ2n) is 4.24. The molecule has 0 unspecified atom stereocenters. The monoisotopic (exact) mass is 277 g/mol. The number of aromatic hydroxyl groups is 1. The van der Waals surface area contributed by atoms with Crippen molar-refractivity contribution >= 4 is 11.6 Å². The molecule has 0 saturated carbocycles. The molecular formula is C15H16ClNO2. The molecule has 0 spiro atoms. The highest BCUT2D eigenvalue weighted by molar-refractivity contribution is 6.30. The highest BCUT2D eigenvalue weighted by atomic mass is 35.5. The molecule has 0 saturated heterocycles. The molecule has 2 N–H and O–H groups in total. The number of rotatable bonds is 5. The summed E-state index contributed by atoms with van der Waals surface area (Å²) in [7, 11) is 1.54. The van der Waals surface area contributed by atoms with Crippen molar-refractivity contribution in [2.24, 2.45) is 0 Å². The molecule has 3 nitrogen and oxygen atoms in total. The van der Waals surface area contributed by atoms with Gasteiger partial charge in [-0.15, -0.1) is 0 Å². The Bertz CT molecular complexity index is 540. The van der Waals surface area contributed by atoms with Crippen molar-refractivity contribution in [2.75, 3.05) is 7.11 Å². The topological polar surface area (TPSA) is 41.5 Å². The number of hydrogen-bond donors (Lipinski definition) is 2. The summed E-state index contributed by atoms with van der Waals surface area (Å²) in [6.45, 7) is 1.47. The first-order chi connectivity index (χ1) is 9.19. The van der Waals surface area contributed by atoms with Crippen LogP contribution in [0.2, 0.25) is 5.02 Å². The molecule has 0 fully saturated rings. The van der Waals surface area contributed by atoms with Gasteiger partial charge in [0.25, 0.3) is 0 Å². The minimum atomic E-state index is 0.156. The Morgan fingerprint density at radius 2 is 1.68 bits per heavy atom. The standard InChI is InChI=1S/C15H16ClNO2/c1-19-15-8-12(4-7-14(15)18)10-17-9-11-2-5-13(16)6-3-11/h2-8,17-18H,9-10H2,1H3. The van der Waals surface area contributed by atoms with Crippen molar-refractivity contribution in [1.82, 2.24) is 5.32 Å². The van der Waals surface area contributed by atoms with Gasteiger partial charge in [0.05, 0.1) is 7.11 Å². The van der Waals surface area contributed by atoms with E-state index in [4.69, 9.17) is 16.3 Å². The molecule has 0 bridgehead atoms. The van der Waals surface area contributed by atoms with Crippen molar-refractivity contribution in [3.63, 3.8) is 0 Å². The summed E-state index contributed by atoms with van der Waals surface area (Å²) in [4.78, 5) is 0. The number of nitrogens with one attached hydrogen (secondary N) is 1. The molecule has 100 valence electrons. The van der Waals surface area contributed by atoms with E-state index in [1.54, 1.807) is 13.2 Å². The van der Waals surface area contributed by atoms with Gasteiger partial charge in [-0.25, -0.2) is 0 Å². The van der Waals surface area contributed by atoms with Gasteiger partial charge in [0.2, 0.25) is 0 Å². The smallest absolute Gasteiger partial charge is 0.160 e. The van der Waals surface area contributed by atoms with Crippen LogP contribution in [-0.4, -0.2) is 12.2 Å². The lowest BCUT2D eigenvalue weighted by Crippen LogP contribution is -2.12. The number of phenols is 1. The molecule has 0 aliphatic rings. The minimum Gasteiger partial charge on any atom is -0.504 e. The number of phenolic OH excluding ortho intramolecular Hbond substituents is 1. The lowest BCUT2D eigenvalue weighted by Gasteiger charge is -2.08. The van der Waals surface area contributed by atoms with Crippen LogP contribution < -0.4 is 10.1 Å². The van der Waals surface area contributed by atoms with Crippen molar-refractivity contribution in [3.05, 3.63) is 58.6 Å². The SMILES string of the molecule is COc1cc(CNCc2ccc(Cl)cc2)ccc1O. The van der Waals surface area contributed by atoms with E-state index >= 15 is 0 Å². The lowest BCUT2D eigenvalue weighted by molar-refractivity contribution is 0.373. The van der Waals surface area contributed by atoms with Crippen LogP contribution in [0.25, 0.3) is 0 Å². The van der Waals surface area contributed by atoms with Crippen molar-refractivity contribution in [2.45, 2.75) is 13.1 Å². The van der Waals surface area contributed by atoms with E-state index in [-0.39, 0.29) is 5.75 Å². The summed E-state index contributed by atoms with van der Waals surface area (Å²) in [5, 5.41) is 13.6.